The van der Waals surface area contributed by atoms with Crippen LogP contribution in [-0.2, 0) is 6.54 Å². The van der Waals surface area contributed by atoms with Crippen molar-refractivity contribution in [2.75, 3.05) is 20.1 Å². The van der Waals surface area contributed by atoms with E-state index in [1.165, 1.54) is 24.9 Å². The van der Waals surface area contributed by atoms with Crippen molar-refractivity contribution >= 4 is 0 Å². The Labute approximate surface area is 105 Å². The van der Waals surface area contributed by atoms with Crippen molar-refractivity contribution in [1.29, 1.82) is 0 Å². The van der Waals surface area contributed by atoms with E-state index in [9.17, 15) is 0 Å². The fourth-order valence-corrected chi connectivity index (χ4v) is 2.65. The molecule has 0 saturated carbocycles. The Morgan fingerprint density at radius 1 is 1.29 bits per heavy atom. The van der Waals surface area contributed by atoms with Gasteiger partial charge in [0.05, 0.1) is 0 Å². The normalized spacial score (nSPS) is 25.1. The van der Waals surface area contributed by atoms with Crippen molar-refractivity contribution in [3.8, 4) is 0 Å². The molecule has 0 radical (unpaired) electrons. The second kappa shape index (κ2) is 6.18. The van der Waals surface area contributed by atoms with Gasteiger partial charge in [0.1, 0.15) is 0 Å². The molecule has 1 aliphatic rings. The van der Waals surface area contributed by atoms with Crippen LogP contribution in [0.1, 0.15) is 25.3 Å². The summed E-state index contributed by atoms with van der Waals surface area (Å²) < 4.78 is 0. The fourth-order valence-electron chi connectivity index (χ4n) is 2.65. The van der Waals surface area contributed by atoms with E-state index in [0.29, 0.717) is 6.04 Å². The maximum absolute atomic E-state index is 3.64. The molecule has 94 valence electrons. The van der Waals surface area contributed by atoms with Gasteiger partial charge in [-0.25, -0.2) is 0 Å². The Bertz CT molecular complexity index is 323. The predicted octanol–water partition coefficient (Wildman–Crippen LogP) is 2.51. The molecule has 0 bridgehead atoms. The second-order valence-electron chi connectivity index (χ2n) is 5.36. The van der Waals surface area contributed by atoms with Gasteiger partial charge < -0.3 is 10.2 Å². The van der Waals surface area contributed by atoms with E-state index in [4.69, 9.17) is 0 Å². The minimum atomic E-state index is 0.664. The van der Waals surface area contributed by atoms with Crippen molar-refractivity contribution in [2.24, 2.45) is 5.92 Å². The average molecular weight is 232 g/mol. The fraction of sp³-hybridized carbons (Fsp3) is 0.600. The molecule has 2 heteroatoms. The summed E-state index contributed by atoms with van der Waals surface area (Å²) >= 11 is 0. The zero-order valence-electron chi connectivity index (χ0n) is 11.0. The summed E-state index contributed by atoms with van der Waals surface area (Å²) in [5.74, 6) is 0.807. The SMILES string of the molecule is CC1CCCNC1CN(C)Cc1ccccc1. The summed E-state index contributed by atoms with van der Waals surface area (Å²) in [6, 6.07) is 11.4. The van der Waals surface area contributed by atoms with E-state index in [-0.39, 0.29) is 0 Å². The molecule has 1 heterocycles. The largest absolute Gasteiger partial charge is 0.312 e. The third-order valence-corrected chi connectivity index (χ3v) is 3.73. The third-order valence-electron chi connectivity index (χ3n) is 3.73. The number of piperidine rings is 1. The molecule has 1 N–H and O–H groups in total. The van der Waals surface area contributed by atoms with E-state index in [2.05, 4.69) is 54.5 Å². The van der Waals surface area contributed by atoms with Gasteiger partial charge in [0.2, 0.25) is 0 Å². The van der Waals surface area contributed by atoms with Gasteiger partial charge in [-0.1, -0.05) is 37.3 Å². The molecular weight excluding hydrogens is 208 g/mol. The molecule has 1 aliphatic heterocycles. The Hall–Kier alpha value is -0.860. The van der Waals surface area contributed by atoms with Crippen molar-refractivity contribution < 1.29 is 0 Å². The van der Waals surface area contributed by atoms with E-state index in [1.54, 1.807) is 0 Å². The first-order valence-corrected chi connectivity index (χ1v) is 6.71. The zero-order valence-corrected chi connectivity index (χ0v) is 11.0. The van der Waals surface area contributed by atoms with Gasteiger partial charge in [-0.2, -0.15) is 0 Å². The van der Waals surface area contributed by atoms with E-state index >= 15 is 0 Å². The molecule has 0 aliphatic carbocycles. The molecule has 17 heavy (non-hydrogen) atoms. The van der Waals surface area contributed by atoms with Gasteiger partial charge in [0, 0.05) is 19.1 Å². The highest BCUT2D eigenvalue weighted by molar-refractivity contribution is 5.14. The van der Waals surface area contributed by atoms with Crippen molar-refractivity contribution in [3.63, 3.8) is 0 Å². The van der Waals surface area contributed by atoms with Crippen LogP contribution in [0.3, 0.4) is 0 Å². The average Bonchev–Trinajstić information content (AvgIpc) is 2.33. The molecule has 2 nitrogen and oxygen atoms in total. The van der Waals surface area contributed by atoms with Gasteiger partial charge in [-0.15, -0.1) is 0 Å². The first kappa shape index (κ1) is 12.6. The van der Waals surface area contributed by atoms with Crippen LogP contribution in [0.5, 0.6) is 0 Å². The van der Waals surface area contributed by atoms with Crippen LogP contribution in [-0.4, -0.2) is 31.1 Å². The summed E-state index contributed by atoms with van der Waals surface area (Å²) in [5.41, 5.74) is 1.40. The molecule has 0 spiro atoms. The van der Waals surface area contributed by atoms with Crippen LogP contribution in [0.15, 0.2) is 30.3 Å². The maximum atomic E-state index is 3.64. The van der Waals surface area contributed by atoms with Crippen LogP contribution >= 0.6 is 0 Å². The number of nitrogens with one attached hydrogen (secondary N) is 1. The molecule has 1 saturated heterocycles. The Kier molecular flexibility index (Phi) is 4.57. The first-order valence-electron chi connectivity index (χ1n) is 6.71. The van der Waals surface area contributed by atoms with Crippen LogP contribution < -0.4 is 5.32 Å². The van der Waals surface area contributed by atoms with Gasteiger partial charge >= 0.3 is 0 Å². The molecule has 1 fully saturated rings. The molecular formula is C15H24N2. The molecule has 2 unspecified atom stereocenters. The number of nitrogens with zero attached hydrogens (tertiary/aromatic N) is 1. The summed E-state index contributed by atoms with van der Waals surface area (Å²) in [6.45, 7) is 5.75. The Morgan fingerprint density at radius 3 is 2.76 bits per heavy atom. The highest BCUT2D eigenvalue weighted by Gasteiger charge is 2.21. The van der Waals surface area contributed by atoms with Crippen LogP contribution in [0.4, 0.5) is 0 Å². The Balaban J connectivity index is 1.82. The number of likely N-dealkylation sites (N-methyl/N-ethyl adjacent to an activating group) is 1. The lowest BCUT2D eigenvalue weighted by Crippen LogP contribution is -2.46. The summed E-state index contributed by atoms with van der Waals surface area (Å²) in [5, 5.41) is 3.64. The highest BCUT2D eigenvalue weighted by atomic mass is 15.1. The van der Waals surface area contributed by atoms with Crippen molar-refractivity contribution in [2.45, 2.75) is 32.4 Å². The summed E-state index contributed by atoms with van der Waals surface area (Å²) in [7, 11) is 2.22. The summed E-state index contributed by atoms with van der Waals surface area (Å²) in [6.07, 6.45) is 2.71. The van der Waals surface area contributed by atoms with Gasteiger partial charge in [0.25, 0.3) is 0 Å². The molecule has 2 atom stereocenters. The van der Waals surface area contributed by atoms with Crippen LogP contribution in [0.25, 0.3) is 0 Å². The number of hydrogen-bond donors (Lipinski definition) is 1. The van der Waals surface area contributed by atoms with Gasteiger partial charge in [-0.05, 0) is 37.9 Å². The van der Waals surface area contributed by atoms with Crippen LogP contribution in [0, 0.1) is 5.92 Å². The lowest BCUT2D eigenvalue weighted by Gasteiger charge is -2.33. The van der Waals surface area contributed by atoms with Crippen molar-refractivity contribution in [1.82, 2.24) is 10.2 Å². The zero-order chi connectivity index (χ0) is 12.1. The van der Waals surface area contributed by atoms with Gasteiger partial charge in [0.15, 0.2) is 0 Å². The smallest absolute Gasteiger partial charge is 0.0231 e. The van der Waals surface area contributed by atoms with Gasteiger partial charge in [-0.3, -0.25) is 0 Å². The summed E-state index contributed by atoms with van der Waals surface area (Å²) in [4.78, 5) is 2.43. The molecule has 1 aromatic carbocycles. The third kappa shape index (κ3) is 3.83. The lowest BCUT2D eigenvalue weighted by atomic mass is 9.92. The van der Waals surface area contributed by atoms with E-state index in [1.807, 2.05) is 0 Å². The lowest BCUT2D eigenvalue weighted by molar-refractivity contribution is 0.212. The minimum absolute atomic E-state index is 0.664. The molecule has 0 amide bonds. The van der Waals surface area contributed by atoms with Crippen LogP contribution in [0.2, 0.25) is 0 Å². The molecule has 2 rings (SSSR count). The number of benzene rings is 1. The number of rotatable bonds is 4. The van der Waals surface area contributed by atoms with Crippen molar-refractivity contribution in [3.05, 3.63) is 35.9 Å². The highest BCUT2D eigenvalue weighted by Crippen LogP contribution is 2.16. The standard InChI is InChI=1S/C15H24N2/c1-13-7-6-10-16-15(13)12-17(2)11-14-8-4-3-5-9-14/h3-5,8-9,13,15-16H,6-7,10-12H2,1-2H3. The molecule has 0 aromatic heterocycles. The monoisotopic (exact) mass is 232 g/mol. The quantitative estimate of drug-likeness (QED) is 0.858. The number of hydrogen-bond acceptors (Lipinski definition) is 2. The second-order valence-corrected chi connectivity index (χ2v) is 5.36. The topological polar surface area (TPSA) is 15.3 Å². The van der Waals surface area contributed by atoms with E-state index < -0.39 is 0 Å². The maximum Gasteiger partial charge on any atom is 0.0231 e. The first-order chi connectivity index (χ1) is 8.25. The van der Waals surface area contributed by atoms with E-state index in [0.717, 1.165) is 19.0 Å². The predicted molar refractivity (Wildman–Crippen MR) is 73.0 cm³/mol. The minimum Gasteiger partial charge on any atom is -0.312 e. The molecule has 1 aromatic rings. The Morgan fingerprint density at radius 2 is 2.06 bits per heavy atom.